The Bertz CT molecular complexity index is 908. The van der Waals surface area contributed by atoms with Crippen LogP contribution in [0.5, 0.6) is 0 Å². The highest BCUT2D eigenvalue weighted by Gasteiger charge is 2.37. The van der Waals surface area contributed by atoms with E-state index in [0.717, 1.165) is 5.56 Å². The number of nitriles is 1. The van der Waals surface area contributed by atoms with E-state index in [4.69, 9.17) is 5.26 Å². The van der Waals surface area contributed by atoms with E-state index in [2.05, 4.69) is 20.6 Å². The van der Waals surface area contributed by atoms with Gasteiger partial charge in [-0.05, 0) is 36.8 Å². The van der Waals surface area contributed by atoms with Crippen molar-refractivity contribution >= 4 is 11.5 Å². The minimum atomic E-state index is -4.64. The van der Waals surface area contributed by atoms with E-state index in [0.29, 0.717) is 10.1 Å². The van der Waals surface area contributed by atoms with Gasteiger partial charge in [-0.3, -0.25) is 0 Å². The van der Waals surface area contributed by atoms with Crippen LogP contribution in [0.25, 0.3) is 5.65 Å². The van der Waals surface area contributed by atoms with E-state index in [1.165, 1.54) is 12.1 Å². The SMILES string of the molecule is C[C@@H](Nc1ccc2nnc(C(F)(F)F)n2n1)c1ccc(C#N)cc1. The summed E-state index contributed by atoms with van der Waals surface area (Å²) in [5.74, 6) is -0.920. The van der Waals surface area contributed by atoms with Crippen LogP contribution in [0.3, 0.4) is 0 Å². The van der Waals surface area contributed by atoms with Gasteiger partial charge < -0.3 is 5.32 Å². The fraction of sp³-hybridized carbons (Fsp3) is 0.200. The summed E-state index contributed by atoms with van der Waals surface area (Å²) < 4.78 is 39.3. The van der Waals surface area contributed by atoms with Crippen molar-refractivity contribution in [3.63, 3.8) is 0 Å². The highest BCUT2D eigenvalue weighted by atomic mass is 19.4. The number of nitrogens with zero attached hydrogens (tertiary/aromatic N) is 5. The molecule has 1 aromatic carbocycles. The van der Waals surface area contributed by atoms with E-state index in [-0.39, 0.29) is 17.5 Å². The van der Waals surface area contributed by atoms with Crippen LogP contribution < -0.4 is 5.32 Å². The number of fused-ring (bicyclic) bond motifs is 1. The number of nitrogens with one attached hydrogen (secondary N) is 1. The van der Waals surface area contributed by atoms with Crippen LogP contribution in [-0.2, 0) is 6.18 Å². The van der Waals surface area contributed by atoms with Gasteiger partial charge in [0.2, 0.25) is 0 Å². The lowest BCUT2D eigenvalue weighted by Gasteiger charge is -2.15. The fourth-order valence-corrected chi connectivity index (χ4v) is 2.19. The molecule has 0 amide bonds. The number of halogens is 3. The summed E-state index contributed by atoms with van der Waals surface area (Å²) in [4.78, 5) is 0. The minimum absolute atomic E-state index is 0.0129. The Morgan fingerprint density at radius 1 is 1.12 bits per heavy atom. The van der Waals surface area contributed by atoms with Gasteiger partial charge in [0.25, 0.3) is 5.82 Å². The van der Waals surface area contributed by atoms with Crippen molar-refractivity contribution in [3.8, 4) is 6.07 Å². The van der Waals surface area contributed by atoms with Gasteiger partial charge >= 0.3 is 6.18 Å². The number of rotatable bonds is 3. The zero-order chi connectivity index (χ0) is 17.3. The molecule has 0 fully saturated rings. The first-order chi connectivity index (χ1) is 11.4. The Labute approximate surface area is 134 Å². The summed E-state index contributed by atoms with van der Waals surface area (Å²) >= 11 is 0. The zero-order valence-electron chi connectivity index (χ0n) is 12.4. The monoisotopic (exact) mass is 332 g/mol. The normalized spacial score (nSPS) is 12.8. The maximum atomic E-state index is 12.9. The third-order valence-corrected chi connectivity index (χ3v) is 3.42. The summed E-state index contributed by atoms with van der Waals surface area (Å²) in [6, 6.07) is 11.6. The Balaban J connectivity index is 1.88. The maximum absolute atomic E-state index is 12.9. The molecule has 0 saturated heterocycles. The largest absolute Gasteiger partial charge is 0.453 e. The van der Waals surface area contributed by atoms with Gasteiger partial charge in [-0.2, -0.15) is 22.9 Å². The molecule has 0 aliphatic carbocycles. The molecular formula is C15H11F3N6. The molecule has 0 bridgehead atoms. The van der Waals surface area contributed by atoms with Crippen molar-refractivity contribution in [3.05, 3.63) is 53.3 Å². The first-order valence-electron chi connectivity index (χ1n) is 6.95. The molecule has 3 rings (SSSR count). The van der Waals surface area contributed by atoms with Gasteiger partial charge in [-0.1, -0.05) is 12.1 Å². The van der Waals surface area contributed by atoms with Crippen LogP contribution in [0.15, 0.2) is 36.4 Å². The Morgan fingerprint density at radius 2 is 1.83 bits per heavy atom. The highest BCUT2D eigenvalue weighted by Crippen LogP contribution is 2.28. The van der Waals surface area contributed by atoms with E-state index in [9.17, 15) is 13.2 Å². The van der Waals surface area contributed by atoms with Crippen molar-refractivity contribution < 1.29 is 13.2 Å². The number of hydrogen-bond acceptors (Lipinski definition) is 5. The smallest absolute Gasteiger partial charge is 0.362 e. The summed E-state index contributed by atoms with van der Waals surface area (Å²) in [5, 5.41) is 22.3. The number of benzene rings is 1. The average Bonchev–Trinajstić information content (AvgIpc) is 2.98. The lowest BCUT2D eigenvalue weighted by molar-refractivity contribution is -0.146. The van der Waals surface area contributed by atoms with Crippen LogP contribution in [0.2, 0.25) is 0 Å². The van der Waals surface area contributed by atoms with Gasteiger partial charge in [0.15, 0.2) is 5.65 Å². The van der Waals surface area contributed by atoms with Crippen molar-refractivity contribution in [2.24, 2.45) is 0 Å². The fourth-order valence-electron chi connectivity index (χ4n) is 2.19. The molecule has 2 aromatic heterocycles. The van der Waals surface area contributed by atoms with Crippen molar-refractivity contribution in [1.29, 1.82) is 5.26 Å². The lowest BCUT2D eigenvalue weighted by Crippen LogP contribution is -2.14. The van der Waals surface area contributed by atoms with E-state index < -0.39 is 12.0 Å². The van der Waals surface area contributed by atoms with Gasteiger partial charge in [-0.25, -0.2) is 0 Å². The third kappa shape index (κ3) is 2.99. The minimum Gasteiger partial charge on any atom is -0.362 e. The topological polar surface area (TPSA) is 78.9 Å². The molecule has 0 aliphatic heterocycles. The van der Waals surface area contributed by atoms with Gasteiger partial charge in [0.05, 0.1) is 11.6 Å². The first kappa shape index (κ1) is 15.7. The molecule has 2 heterocycles. The van der Waals surface area contributed by atoms with E-state index in [1.807, 2.05) is 13.0 Å². The molecule has 0 saturated carbocycles. The average molecular weight is 332 g/mol. The van der Waals surface area contributed by atoms with Crippen molar-refractivity contribution in [1.82, 2.24) is 19.8 Å². The Kier molecular flexibility index (Phi) is 3.81. The van der Waals surface area contributed by atoms with Crippen molar-refractivity contribution in [2.45, 2.75) is 19.1 Å². The predicted molar refractivity (Wildman–Crippen MR) is 79.0 cm³/mol. The number of aromatic nitrogens is 4. The van der Waals surface area contributed by atoms with Gasteiger partial charge in [0, 0.05) is 6.04 Å². The second kappa shape index (κ2) is 5.81. The summed E-state index contributed by atoms with van der Waals surface area (Å²) in [6.07, 6.45) is -4.64. The maximum Gasteiger partial charge on any atom is 0.453 e. The summed E-state index contributed by atoms with van der Waals surface area (Å²) in [5.41, 5.74) is 1.42. The van der Waals surface area contributed by atoms with E-state index >= 15 is 0 Å². The lowest BCUT2D eigenvalue weighted by atomic mass is 10.1. The van der Waals surface area contributed by atoms with Crippen LogP contribution in [0.1, 0.15) is 29.9 Å². The number of hydrogen-bond donors (Lipinski definition) is 1. The molecule has 3 aromatic rings. The zero-order valence-corrected chi connectivity index (χ0v) is 12.4. The second-order valence-electron chi connectivity index (χ2n) is 5.11. The van der Waals surface area contributed by atoms with Crippen LogP contribution in [-0.4, -0.2) is 19.8 Å². The molecule has 24 heavy (non-hydrogen) atoms. The Hall–Kier alpha value is -3.15. The molecule has 1 atom stereocenters. The number of anilines is 1. The predicted octanol–water partition coefficient (Wildman–Crippen LogP) is 3.19. The summed E-state index contributed by atoms with van der Waals surface area (Å²) in [7, 11) is 0. The molecule has 9 heteroatoms. The third-order valence-electron chi connectivity index (χ3n) is 3.42. The van der Waals surface area contributed by atoms with E-state index in [1.54, 1.807) is 24.3 Å². The summed E-state index contributed by atoms with van der Waals surface area (Å²) in [6.45, 7) is 1.84. The standard InChI is InChI=1S/C15H11F3N6/c1-9(11-4-2-10(8-19)3-5-11)20-12-6-7-13-21-22-14(15(16,17)18)24(13)23-12/h2-7,9H,1H3,(H,20,23)/t9-/m1/s1. The second-order valence-corrected chi connectivity index (χ2v) is 5.11. The molecule has 6 nitrogen and oxygen atoms in total. The quantitative estimate of drug-likeness (QED) is 0.797. The van der Waals surface area contributed by atoms with Crippen molar-refractivity contribution in [2.75, 3.05) is 5.32 Å². The molecular weight excluding hydrogens is 321 g/mol. The Morgan fingerprint density at radius 3 is 2.46 bits per heavy atom. The van der Waals surface area contributed by atoms with Gasteiger partial charge in [-0.15, -0.1) is 15.3 Å². The van der Waals surface area contributed by atoms with Crippen LogP contribution >= 0.6 is 0 Å². The molecule has 0 aliphatic rings. The first-order valence-corrected chi connectivity index (χ1v) is 6.95. The molecule has 1 N–H and O–H groups in total. The molecule has 0 spiro atoms. The highest BCUT2D eigenvalue weighted by molar-refractivity contribution is 5.46. The number of alkyl halides is 3. The molecule has 122 valence electrons. The van der Waals surface area contributed by atoms with Gasteiger partial charge in [0.1, 0.15) is 5.82 Å². The van der Waals surface area contributed by atoms with Crippen LogP contribution in [0.4, 0.5) is 19.0 Å². The molecule has 0 unspecified atom stereocenters. The molecule has 0 radical (unpaired) electrons. The van der Waals surface area contributed by atoms with Crippen LogP contribution in [0, 0.1) is 11.3 Å².